The van der Waals surface area contributed by atoms with Gasteiger partial charge in [-0.25, -0.2) is 4.98 Å². The number of aromatic nitrogens is 3. The van der Waals surface area contributed by atoms with Gasteiger partial charge < -0.3 is 24.3 Å². The van der Waals surface area contributed by atoms with Gasteiger partial charge in [-0.3, -0.25) is 9.38 Å². The fourth-order valence-electron chi connectivity index (χ4n) is 3.62. The van der Waals surface area contributed by atoms with E-state index in [4.69, 9.17) is 23.9 Å². The zero-order valence-electron chi connectivity index (χ0n) is 18.6. The molecule has 0 saturated carbocycles. The fourth-order valence-corrected chi connectivity index (χ4v) is 3.62. The molecule has 8 heteroatoms. The number of hydrogen-bond acceptors (Lipinski definition) is 7. The van der Waals surface area contributed by atoms with Gasteiger partial charge in [-0.05, 0) is 36.2 Å². The summed E-state index contributed by atoms with van der Waals surface area (Å²) in [6.07, 6.45) is 6.15. The fraction of sp³-hybridized carbons (Fsp3) is 0.250. The van der Waals surface area contributed by atoms with E-state index in [9.17, 15) is 0 Å². The molecule has 0 atom stereocenters. The van der Waals surface area contributed by atoms with Gasteiger partial charge in [0.1, 0.15) is 23.0 Å². The van der Waals surface area contributed by atoms with E-state index in [1.807, 2.05) is 47.0 Å². The van der Waals surface area contributed by atoms with Crippen molar-refractivity contribution in [1.29, 1.82) is 0 Å². The molecule has 4 rings (SSSR count). The zero-order chi connectivity index (χ0) is 22.5. The van der Waals surface area contributed by atoms with Crippen molar-refractivity contribution in [2.75, 3.05) is 40.3 Å². The molecule has 4 aromatic rings. The molecule has 1 N–H and O–H groups in total. The highest BCUT2D eigenvalue weighted by atomic mass is 16.5. The minimum absolute atomic E-state index is 0.684. The molecular formula is C24H26N4O4. The summed E-state index contributed by atoms with van der Waals surface area (Å²) in [6.45, 7) is 0.692. The maximum atomic E-state index is 5.62. The summed E-state index contributed by atoms with van der Waals surface area (Å²) in [5.41, 5.74) is 3.53. The Morgan fingerprint density at radius 2 is 1.69 bits per heavy atom. The Hall–Kier alpha value is -3.94. The van der Waals surface area contributed by atoms with Crippen LogP contribution in [0.15, 0.2) is 55.0 Å². The molecule has 2 aromatic heterocycles. The maximum absolute atomic E-state index is 5.62. The molecule has 0 unspecified atom stereocenters. The normalized spacial score (nSPS) is 10.8. The number of imidazole rings is 1. The largest absolute Gasteiger partial charge is 0.497 e. The van der Waals surface area contributed by atoms with Crippen LogP contribution >= 0.6 is 0 Å². The Morgan fingerprint density at radius 1 is 0.875 bits per heavy atom. The molecule has 0 saturated heterocycles. The summed E-state index contributed by atoms with van der Waals surface area (Å²) >= 11 is 0. The van der Waals surface area contributed by atoms with Crippen LogP contribution in [-0.4, -0.2) is 49.4 Å². The third kappa shape index (κ3) is 4.12. The van der Waals surface area contributed by atoms with Crippen molar-refractivity contribution in [1.82, 2.24) is 14.4 Å². The lowest BCUT2D eigenvalue weighted by atomic mass is 10.1. The Balaban J connectivity index is 1.64. The van der Waals surface area contributed by atoms with Gasteiger partial charge in [0.05, 0.1) is 34.6 Å². The molecule has 166 valence electrons. The second kappa shape index (κ2) is 9.47. The minimum atomic E-state index is 0.684. The van der Waals surface area contributed by atoms with Crippen molar-refractivity contribution in [2.45, 2.75) is 6.42 Å². The predicted octanol–water partition coefficient (Wildman–Crippen LogP) is 4.09. The van der Waals surface area contributed by atoms with E-state index in [1.54, 1.807) is 40.8 Å². The summed E-state index contributed by atoms with van der Waals surface area (Å²) in [5, 5.41) is 3.54. The number of nitrogens with zero attached hydrogens (tertiary/aromatic N) is 3. The van der Waals surface area contributed by atoms with Gasteiger partial charge in [-0.1, -0.05) is 6.07 Å². The van der Waals surface area contributed by atoms with Gasteiger partial charge in [0.2, 0.25) is 0 Å². The first-order valence-electron chi connectivity index (χ1n) is 10.2. The van der Waals surface area contributed by atoms with Crippen LogP contribution in [0.4, 0.5) is 5.82 Å². The summed E-state index contributed by atoms with van der Waals surface area (Å²) in [5.74, 6) is 3.70. The van der Waals surface area contributed by atoms with Crippen molar-refractivity contribution in [3.05, 3.63) is 60.6 Å². The van der Waals surface area contributed by atoms with Crippen LogP contribution in [-0.2, 0) is 6.42 Å². The first kappa shape index (κ1) is 21.3. The Kier molecular flexibility index (Phi) is 6.30. The standard InChI is InChI=1S/C24H26N4O4/c1-29-17-6-7-18(20(14-17)31-3)23-24(28-12-11-25-15-22(28)27-23)26-10-9-16-5-8-19(30-2)21(13-16)32-4/h5-8,11-15,26H,9-10H2,1-4H3. The van der Waals surface area contributed by atoms with E-state index in [0.29, 0.717) is 18.0 Å². The smallest absolute Gasteiger partial charge is 0.160 e. The topological polar surface area (TPSA) is 79.1 Å². The number of methoxy groups -OCH3 is 4. The average Bonchev–Trinajstić information content (AvgIpc) is 3.21. The Morgan fingerprint density at radius 3 is 2.44 bits per heavy atom. The third-order valence-electron chi connectivity index (χ3n) is 5.25. The number of hydrogen-bond donors (Lipinski definition) is 1. The van der Waals surface area contributed by atoms with Gasteiger partial charge in [-0.2, -0.15) is 0 Å². The van der Waals surface area contributed by atoms with Crippen LogP contribution in [0.1, 0.15) is 5.56 Å². The van der Waals surface area contributed by atoms with Crippen LogP contribution in [0, 0.1) is 0 Å². The minimum Gasteiger partial charge on any atom is -0.497 e. The molecule has 0 bridgehead atoms. The molecule has 8 nitrogen and oxygen atoms in total. The average molecular weight is 434 g/mol. The van der Waals surface area contributed by atoms with E-state index >= 15 is 0 Å². The lowest BCUT2D eigenvalue weighted by Gasteiger charge is -2.13. The molecule has 0 aliphatic heterocycles. The number of anilines is 1. The van der Waals surface area contributed by atoms with Gasteiger partial charge >= 0.3 is 0 Å². The number of fused-ring (bicyclic) bond motifs is 1. The summed E-state index contributed by atoms with van der Waals surface area (Å²) < 4.78 is 23.7. The number of ether oxygens (including phenoxy) is 4. The molecule has 0 radical (unpaired) electrons. The summed E-state index contributed by atoms with van der Waals surface area (Å²) in [6, 6.07) is 11.6. The molecular weight excluding hydrogens is 408 g/mol. The van der Waals surface area contributed by atoms with Crippen molar-refractivity contribution >= 4 is 11.5 Å². The van der Waals surface area contributed by atoms with E-state index in [1.165, 1.54) is 0 Å². The molecule has 0 aliphatic carbocycles. The highest BCUT2D eigenvalue weighted by Gasteiger charge is 2.18. The van der Waals surface area contributed by atoms with Crippen LogP contribution in [0.2, 0.25) is 0 Å². The Bertz CT molecular complexity index is 1220. The van der Waals surface area contributed by atoms with E-state index in [-0.39, 0.29) is 0 Å². The summed E-state index contributed by atoms with van der Waals surface area (Å²) in [7, 11) is 6.54. The van der Waals surface area contributed by atoms with Gasteiger partial charge in [0.25, 0.3) is 0 Å². The molecule has 2 aromatic carbocycles. The van der Waals surface area contributed by atoms with Crippen LogP contribution < -0.4 is 24.3 Å². The molecule has 32 heavy (non-hydrogen) atoms. The number of rotatable bonds is 9. The van der Waals surface area contributed by atoms with Gasteiger partial charge in [0, 0.05) is 30.6 Å². The number of nitrogens with one attached hydrogen (secondary N) is 1. The van der Waals surface area contributed by atoms with Crippen molar-refractivity contribution < 1.29 is 18.9 Å². The van der Waals surface area contributed by atoms with E-state index < -0.39 is 0 Å². The second-order valence-corrected chi connectivity index (χ2v) is 7.05. The van der Waals surface area contributed by atoms with Gasteiger partial charge in [0.15, 0.2) is 17.1 Å². The first-order chi connectivity index (χ1) is 15.7. The summed E-state index contributed by atoms with van der Waals surface area (Å²) in [4.78, 5) is 9.01. The molecule has 0 amide bonds. The highest BCUT2D eigenvalue weighted by Crippen LogP contribution is 2.37. The molecule has 2 heterocycles. The highest BCUT2D eigenvalue weighted by molar-refractivity contribution is 5.80. The second-order valence-electron chi connectivity index (χ2n) is 7.05. The predicted molar refractivity (Wildman–Crippen MR) is 123 cm³/mol. The SMILES string of the molecule is COc1ccc(-c2nc3cnccn3c2NCCc2ccc(OC)c(OC)c2)c(OC)c1. The van der Waals surface area contributed by atoms with Crippen molar-refractivity contribution in [3.63, 3.8) is 0 Å². The molecule has 0 fully saturated rings. The van der Waals surface area contributed by atoms with Crippen molar-refractivity contribution in [2.24, 2.45) is 0 Å². The molecule has 0 spiro atoms. The van der Waals surface area contributed by atoms with Crippen molar-refractivity contribution in [3.8, 4) is 34.3 Å². The first-order valence-corrected chi connectivity index (χ1v) is 10.2. The monoisotopic (exact) mass is 434 g/mol. The van der Waals surface area contributed by atoms with E-state index in [2.05, 4.69) is 10.3 Å². The van der Waals surface area contributed by atoms with Crippen LogP contribution in [0.5, 0.6) is 23.0 Å². The zero-order valence-corrected chi connectivity index (χ0v) is 18.6. The lowest BCUT2D eigenvalue weighted by molar-refractivity contribution is 0.354. The van der Waals surface area contributed by atoms with E-state index in [0.717, 1.165) is 46.2 Å². The Labute approximate surface area is 186 Å². The van der Waals surface area contributed by atoms with Gasteiger partial charge in [-0.15, -0.1) is 0 Å². The lowest BCUT2D eigenvalue weighted by Crippen LogP contribution is -2.08. The van der Waals surface area contributed by atoms with Crippen LogP contribution in [0.3, 0.4) is 0 Å². The third-order valence-corrected chi connectivity index (χ3v) is 5.25. The maximum Gasteiger partial charge on any atom is 0.160 e. The van der Waals surface area contributed by atoms with Crippen LogP contribution in [0.25, 0.3) is 16.9 Å². The quantitative estimate of drug-likeness (QED) is 0.425. The molecule has 0 aliphatic rings. The number of benzene rings is 2.